The second-order valence-electron chi connectivity index (χ2n) is 7.22. The highest BCUT2D eigenvalue weighted by Gasteiger charge is 2.46. The maximum atomic E-state index is 12.4. The van der Waals surface area contributed by atoms with Gasteiger partial charge in [0, 0.05) is 0 Å². The summed E-state index contributed by atoms with van der Waals surface area (Å²) in [6, 6.07) is 12.4. The predicted molar refractivity (Wildman–Crippen MR) is 94.3 cm³/mol. The number of ether oxygens (including phenoxy) is 2. The molecule has 4 atom stereocenters. The van der Waals surface area contributed by atoms with Crippen molar-refractivity contribution in [3.05, 3.63) is 42.0 Å². The fourth-order valence-electron chi connectivity index (χ4n) is 3.67. The van der Waals surface area contributed by atoms with E-state index < -0.39 is 0 Å². The summed E-state index contributed by atoms with van der Waals surface area (Å²) in [4.78, 5) is 12.4. The first-order chi connectivity index (χ1) is 11.6. The molecular formula is C21H24O3. The first-order valence-electron chi connectivity index (χ1n) is 9.05. The Kier molecular flexibility index (Phi) is 4.05. The van der Waals surface area contributed by atoms with E-state index in [1.165, 1.54) is 10.9 Å². The summed E-state index contributed by atoms with van der Waals surface area (Å²) in [6.07, 6.45) is 4.52. The summed E-state index contributed by atoms with van der Waals surface area (Å²) in [7, 11) is 0. The number of epoxide rings is 1. The molecule has 126 valence electrons. The molecule has 1 saturated heterocycles. The van der Waals surface area contributed by atoms with E-state index in [2.05, 4.69) is 32.0 Å². The molecule has 0 spiro atoms. The number of hydrogen-bond acceptors (Lipinski definition) is 3. The second-order valence-corrected chi connectivity index (χ2v) is 7.22. The molecule has 0 amide bonds. The van der Waals surface area contributed by atoms with Crippen LogP contribution in [0.4, 0.5) is 0 Å². The van der Waals surface area contributed by atoms with Crippen molar-refractivity contribution in [2.24, 2.45) is 5.92 Å². The van der Waals surface area contributed by atoms with Gasteiger partial charge in [0.05, 0.1) is 18.1 Å². The van der Waals surface area contributed by atoms with Gasteiger partial charge in [-0.2, -0.15) is 0 Å². The van der Waals surface area contributed by atoms with Gasteiger partial charge in [0.1, 0.15) is 5.75 Å². The van der Waals surface area contributed by atoms with Crippen molar-refractivity contribution in [1.82, 2.24) is 0 Å². The van der Waals surface area contributed by atoms with Crippen LogP contribution in [0.25, 0.3) is 10.8 Å². The zero-order valence-corrected chi connectivity index (χ0v) is 14.3. The average Bonchev–Trinajstić information content (AvgIpc) is 3.39. The Hall–Kier alpha value is -1.87. The summed E-state index contributed by atoms with van der Waals surface area (Å²) in [5.74, 6) is 1.08. The molecule has 4 rings (SSSR count). The van der Waals surface area contributed by atoms with E-state index in [1.807, 2.05) is 18.2 Å². The van der Waals surface area contributed by atoms with Gasteiger partial charge < -0.3 is 9.47 Å². The Balaban J connectivity index is 1.49. The first kappa shape index (κ1) is 15.6. The lowest BCUT2D eigenvalue weighted by Gasteiger charge is -2.17. The Morgan fingerprint density at radius 1 is 1.17 bits per heavy atom. The quantitative estimate of drug-likeness (QED) is 0.459. The molecular weight excluding hydrogens is 300 g/mol. The molecule has 2 fully saturated rings. The molecule has 24 heavy (non-hydrogen) atoms. The van der Waals surface area contributed by atoms with E-state index in [0.717, 1.165) is 31.1 Å². The van der Waals surface area contributed by atoms with Gasteiger partial charge in [-0.25, -0.2) is 0 Å². The van der Waals surface area contributed by atoms with Crippen LogP contribution in [0.5, 0.6) is 5.75 Å². The molecule has 3 nitrogen and oxygen atoms in total. The molecule has 1 heterocycles. The van der Waals surface area contributed by atoms with Crippen molar-refractivity contribution in [3.63, 3.8) is 0 Å². The van der Waals surface area contributed by atoms with E-state index in [4.69, 9.17) is 9.47 Å². The fraction of sp³-hybridized carbons (Fsp3) is 0.476. The highest BCUT2D eigenvalue weighted by atomic mass is 16.6. The van der Waals surface area contributed by atoms with Crippen molar-refractivity contribution < 1.29 is 14.3 Å². The maximum Gasteiger partial charge on any atom is 0.314 e. The van der Waals surface area contributed by atoms with E-state index in [-0.39, 0.29) is 11.9 Å². The van der Waals surface area contributed by atoms with Gasteiger partial charge in [-0.05, 0) is 60.1 Å². The third kappa shape index (κ3) is 3.05. The standard InChI is InChI=1S/C21H24O3/c1-3-13(2)14-4-5-16-11-18(8-6-15(16)10-14)23-21(22)17-7-9-19-20(12-17)24-19/h4-6,8,10-11,13,17,19-20H,3,7,9,12H2,1-2H3. The van der Waals surface area contributed by atoms with Gasteiger partial charge in [0.2, 0.25) is 0 Å². The van der Waals surface area contributed by atoms with Gasteiger partial charge in [0.15, 0.2) is 0 Å². The van der Waals surface area contributed by atoms with Crippen molar-refractivity contribution >= 4 is 16.7 Å². The molecule has 2 aliphatic rings. The Morgan fingerprint density at radius 2 is 1.96 bits per heavy atom. The van der Waals surface area contributed by atoms with Crippen molar-refractivity contribution in [2.75, 3.05) is 0 Å². The number of rotatable bonds is 4. The van der Waals surface area contributed by atoms with E-state index in [1.54, 1.807) is 0 Å². The smallest absolute Gasteiger partial charge is 0.314 e. The summed E-state index contributed by atoms with van der Waals surface area (Å²) < 4.78 is 11.1. The van der Waals surface area contributed by atoms with Crippen molar-refractivity contribution in [2.45, 2.75) is 57.7 Å². The SMILES string of the molecule is CCC(C)c1ccc2cc(OC(=O)C3CCC4OC4C3)ccc2c1. The lowest BCUT2D eigenvalue weighted by Crippen LogP contribution is -2.25. The number of hydrogen-bond donors (Lipinski definition) is 0. The zero-order chi connectivity index (χ0) is 16.7. The van der Waals surface area contributed by atoms with Crippen molar-refractivity contribution in [1.29, 1.82) is 0 Å². The predicted octanol–water partition coefficient (Wildman–Crippen LogP) is 4.83. The highest BCUT2D eigenvalue weighted by molar-refractivity contribution is 5.85. The van der Waals surface area contributed by atoms with E-state index in [0.29, 0.717) is 23.9 Å². The summed E-state index contributed by atoms with van der Waals surface area (Å²) >= 11 is 0. The average molecular weight is 324 g/mol. The van der Waals surface area contributed by atoms with Gasteiger partial charge in [-0.1, -0.05) is 38.1 Å². The summed E-state index contributed by atoms with van der Waals surface area (Å²) in [5.41, 5.74) is 1.36. The van der Waals surface area contributed by atoms with Crippen LogP contribution in [0.3, 0.4) is 0 Å². The Morgan fingerprint density at radius 3 is 2.75 bits per heavy atom. The first-order valence-corrected chi connectivity index (χ1v) is 9.05. The van der Waals surface area contributed by atoms with Gasteiger partial charge >= 0.3 is 5.97 Å². The third-order valence-corrected chi connectivity index (χ3v) is 5.57. The third-order valence-electron chi connectivity index (χ3n) is 5.57. The molecule has 4 unspecified atom stereocenters. The van der Waals surface area contributed by atoms with Crippen LogP contribution in [-0.2, 0) is 9.53 Å². The van der Waals surface area contributed by atoms with Gasteiger partial charge in [-0.15, -0.1) is 0 Å². The van der Waals surface area contributed by atoms with Crippen molar-refractivity contribution in [3.8, 4) is 5.75 Å². The van der Waals surface area contributed by atoms with Crippen LogP contribution in [0.1, 0.15) is 51.0 Å². The van der Waals surface area contributed by atoms with Gasteiger partial charge in [0.25, 0.3) is 0 Å². The molecule has 2 aromatic carbocycles. The van der Waals surface area contributed by atoms with E-state index >= 15 is 0 Å². The Labute approximate surface area is 143 Å². The van der Waals surface area contributed by atoms with Crippen LogP contribution in [0.15, 0.2) is 36.4 Å². The molecule has 2 aromatic rings. The van der Waals surface area contributed by atoms with Crippen LogP contribution in [-0.4, -0.2) is 18.2 Å². The Bertz CT molecular complexity index is 767. The molecule has 3 heteroatoms. The zero-order valence-electron chi connectivity index (χ0n) is 14.3. The molecule has 0 bridgehead atoms. The van der Waals surface area contributed by atoms with E-state index in [9.17, 15) is 4.79 Å². The number of carbonyl (C=O) groups excluding carboxylic acids is 1. The topological polar surface area (TPSA) is 38.8 Å². The number of fused-ring (bicyclic) bond motifs is 2. The summed E-state index contributed by atoms with van der Waals surface area (Å²) in [6.45, 7) is 4.45. The molecule has 0 radical (unpaired) electrons. The molecule has 0 aromatic heterocycles. The van der Waals surface area contributed by atoms with Crippen LogP contribution < -0.4 is 4.74 Å². The van der Waals surface area contributed by atoms with Crippen LogP contribution >= 0.6 is 0 Å². The minimum atomic E-state index is -0.112. The minimum Gasteiger partial charge on any atom is -0.426 e. The van der Waals surface area contributed by atoms with Crippen LogP contribution in [0.2, 0.25) is 0 Å². The maximum absolute atomic E-state index is 12.4. The van der Waals surface area contributed by atoms with Crippen LogP contribution in [0, 0.1) is 5.92 Å². The van der Waals surface area contributed by atoms with Gasteiger partial charge in [-0.3, -0.25) is 4.79 Å². The highest BCUT2D eigenvalue weighted by Crippen LogP contribution is 2.40. The lowest BCUT2D eigenvalue weighted by molar-refractivity contribution is -0.139. The molecule has 1 aliphatic heterocycles. The lowest BCUT2D eigenvalue weighted by atomic mass is 9.89. The number of carbonyl (C=O) groups is 1. The fourth-order valence-corrected chi connectivity index (χ4v) is 3.67. The molecule has 1 saturated carbocycles. The monoisotopic (exact) mass is 324 g/mol. The number of benzene rings is 2. The number of esters is 1. The molecule has 0 N–H and O–H groups in total. The largest absolute Gasteiger partial charge is 0.426 e. The molecule has 1 aliphatic carbocycles. The second kappa shape index (κ2) is 6.21. The minimum absolute atomic E-state index is 0.0165. The normalized spacial score (nSPS) is 26.7. The summed E-state index contributed by atoms with van der Waals surface area (Å²) in [5, 5.41) is 2.31.